The smallest absolute Gasteiger partial charge is 0.311 e. The van der Waals surface area contributed by atoms with Gasteiger partial charge in [0.2, 0.25) is 0 Å². The number of hydrogen-bond donors (Lipinski definition) is 2. The first-order valence-corrected chi connectivity index (χ1v) is 10.2. The minimum Gasteiger partial charge on any atom is -0.481 e. The van der Waals surface area contributed by atoms with Crippen LogP contribution in [-0.2, 0) is 19.1 Å². The van der Waals surface area contributed by atoms with Crippen LogP contribution in [0.1, 0.15) is 11.5 Å². The minimum absolute atomic E-state index is 0.0473. The van der Waals surface area contributed by atoms with Crippen molar-refractivity contribution in [2.45, 2.75) is 24.2 Å². The maximum absolute atomic E-state index is 12.3. The van der Waals surface area contributed by atoms with E-state index in [1.54, 1.807) is 42.5 Å². The molecule has 0 aromatic heterocycles. The van der Waals surface area contributed by atoms with Crippen LogP contribution in [0.5, 0.6) is 0 Å². The molecule has 9 nitrogen and oxygen atoms in total. The summed E-state index contributed by atoms with van der Waals surface area (Å²) in [7, 11) is 0. The van der Waals surface area contributed by atoms with Gasteiger partial charge < -0.3 is 24.7 Å². The van der Waals surface area contributed by atoms with Gasteiger partial charge in [0.25, 0.3) is 5.09 Å². The summed E-state index contributed by atoms with van der Waals surface area (Å²) in [5.41, 5.74) is 1.46. The van der Waals surface area contributed by atoms with Gasteiger partial charge in [-0.1, -0.05) is 47.5 Å². The van der Waals surface area contributed by atoms with Crippen molar-refractivity contribution >= 4 is 40.5 Å². The summed E-state index contributed by atoms with van der Waals surface area (Å²) in [6, 6.07) is 12.0. The molecule has 0 spiro atoms. The molecule has 31 heavy (non-hydrogen) atoms. The molecule has 2 fully saturated rings. The van der Waals surface area contributed by atoms with Crippen molar-refractivity contribution in [2.75, 3.05) is 18.5 Å². The lowest BCUT2D eigenvalue weighted by atomic mass is 9.82. The van der Waals surface area contributed by atoms with Gasteiger partial charge in [-0.05, 0) is 23.8 Å². The molecule has 2 aliphatic heterocycles. The Kier molecular flexibility index (Phi) is 6.19. The summed E-state index contributed by atoms with van der Waals surface area (Å²) in [5, 5.41) is 23.8. The summed E-state index contributed by atoms with van der Waals surface area (Å²) in [6.07, 6.45) is -2.26. The van der Waals surface area contributed by atoms with Crippen LogP contribution in [0, 0.1) is 16.0 Å². The molecule has 11 heteroatoms. The lowest BCUT2D eigenvalue weighted by Crippen LogP contribution is -2.35. The molecule has 2 aliphatic rings. The summed E-state index contributed by atoms with van der Waals surface area (Å²) >= 11 is 12.5. The number of ether oxygens (including phenoxy) is 2. The largest absolute Gasteiger partial charge is 0.481 e. The Labute approximate surface area is 186 Å². The van der Waals surface area contributed by atoms with E-state index in [1.807, 2.05) is 0 Å². The molecular weight excluding hydrogens is 451 g/mol. The second-order valence-electron chi connectivity index (χ2n) is 7.25. The van der Waals surface area contributed by atoms with Crippen molar-refractivity contribution in [3.63, 3.8) is 0 Å². The zero-order valence-corrected chi connectivity index (χ0v) is 17.5. The highest BCUT2D eigenvalue weighted by molar-refractivity contribution is 6.39. The SMILES string of the molecule is O=C(O)C(c1ccccc1Nc1c(Cl)cccc1Cl)[C@H]1CO[C@H]2[C@H]1OC[C@H]2O[N+](=O)[O-]. The fourth-order valence-electron chi connectivity index (χ4n) is 4.16. The van der Waals surface area contributed by atoms with Gasteiger partial charge in [0, 0.05) is 11.6 Å². The zero-order chi connectivity index (χ0) is 22.1. The zero-order valence-electron chi connectivity index (χ0n) is 15.9. The van der Waals surface area contributed by atoms with Crippen LogP contribution in [0.4, 0.5) is 11.4 Å². The lowest BCUT2D eigenvalue weighted by Gasteiger charge is -2.25. The topological polar surface area (TPSA) is 120 Å². The number of aliphatic carboxylic acids is 1. The third kappa shape index (κ3) is 4.27. The second kappa shape index (κ2) is 8.88. The molecule has 1 unspecified atom stereocenters. The van der Waals surface area contributed by atoms with Crippen LogP contribution in [0.3, 0.4) is 0 Å². The summed E-state index contributed by atoms with van der Waals surface area (Å²) in [6.45, 7) is 0.0132. The molecule has 0 saturated carbocycles. The molecule has 2 aromatic rings. The molecule has 4 rings (SSSR count). The fraction of sp³-hybridized carbons (Fsp3) is 0.350. The predicted molar refractivity (Wildman–Crippen MR) is 111 cm³/mol. The van der Waals surface area contributed by atoms with Crippen LogP contribution >= 0.6 is 23.2 Å². The van der Waals surface area contributed by atoms with E-state index < -0.39 is 41.2 Å². The Morgan fingerprint density at radius 2 is 1.81 bits per heavy atom. The second-order valence-corrected chi connectivity index (χ2v) is 8.07. The molecule has 5 atom stereocenters. The average Bonchev–Trinajstić information content (AvgIpc) is 3.29. The number of hydrogen-bond acceptors (Lipinski definition) is 7. The Morgan fingerprint density at radius 1 is 1.13 bits per heavy atom. The van der Waals surface area contributed by atoms with Crippen LogP contribution in [0.15, 0.2) is 42.5 Å². The average molecular weight is 469 g/mol. The first-order valence-electron chi connectivity index (χ1n) is 9.44. The molecular formula is C20H18Cl2N2O7. The van der Waals surface area contributed by atoms with Crippen molar-refractivity contribution in [1.29, 1.82) is 0 Å². The highest BCUT2D eigenvalue weighted by Gasteiger charge is 2.53. The van der Waals surface area contributed by atoms with E-state index in [1.165, 1.54) is 0 Å². The number of nitrogens with one attached hydrogen (secondary N) is 1. The number of halogens is 2. The number of benzene rings is 2. The van der Waals surface area contributed by atoms with E-state index in [-0.39, 0.29) is 13.2 Å². The molecule has 2 saturated heterocycles. The number of rotatable bonds is 7. The third-order valence-corrected chi connectivity index (χ3v) is 6.11. The molecule has 0 radical (unpaired) electrons. The molecule has 2 N–H and O–H groups in total. The number of para-hydroxylation sites is 2. The fourth-order valence-corrected chi connectivity index (χ4v) is 4.65. The number of carbonyl (C=O) groups is 1. The van der Waals surface area contributed by atoms with Crippen LogP contribution in [0.25, 0.3) is 0 Å². The Hall–Kier alpha value is -2.59. The van der Waals surface area contributed by atoms with Gasteiger partial charge in [-0.15, -0.1) is 10.1 Å². The molecule has 0 aliphatic carbocycles. The van der Waals surface area contributed by atoms with Crippen LogP contribution in [-0.4, -0.2) is 47.7 Å². The maximum atomic E-state index is 12.3. The van der Waals surface area contributed by atoms with Crippen molar-refractivity contribution < 1.29 is 29.3 Å². The van der Waals surface area contributed by atoms with Crippen molar-refractivity contribution in [2.24, 2.45) is 5.92 Å². The van der Waals surface area contributed by atoms with E-state index in [2.05, 4.69) is 10.2 Å². The highest BCUT2D eigenvalue weighted by atomic mass is 35.5. The van der Waals surface area contributed by atoms with Crippen molar-refractivity contribution in [3.8, 4) is 0 Å². The predicted octanol–water partition coefficient (Wildman–Crippen LogP) is 3.90. The Morgan fingerprint density at radius 3 is 2.48 bits per heavy atom. The summed E-state index contributed by atoms with van der Waals surface area (Å²) < 4.78 is 11.3. The lowest BCUT2D eigenvalue weighted by molar-refractivity contribution is -0.769. The first kappa shape index (κ1) is 21.6. The minimum atomic E-state index is -1.07. The molecule has 164 valence electrons. The van der Waals surface area contributed by atoms with Gasteiger partial charge in [0.05, 0.1) is 41.0 Å². The Bertz CT molecular complexity index is 985. The van der Waals surface area contributed by atoms with E-state index in [0.29, 0.717) is 27.0 Å². The van der Waals surface area contributed by atoms with E-state index >= 15 is 0 Å². The molecule has 2 aromatic carbocycles. The molecule has 0 bridgehead atoms. The molecule has 0 amide bonds. The maximum Gasteiger partial charge on any atom is 0.311 e. The Balaban J connectivity index is 1.65. The number of anilines is 2. The first-order chi connectivity index (χ1) is 14.9. The standard InChI is InChI=1S/C20H18Cl2N2O7/c21-12-5-3-6-13(22)17(12)23-14-7-2-1-4-10(14)16(20(25)26)11-8-29-19-15(31-24(27)28)9-30-18(11)19/h1-7,11,15-16,18-19,23H,8-9H2,(H,25,26)/t11-,15-,16?,18+,19-/m1/s1. The number of nitrogens with zero attached hydrogens (tertiary/aromatic N) is 1. The summed E-state index contributed by atoms with van der Waals surface area (Å²) in [5.74, 6) is -2.65. The number of fused-ring (bicyclic) bond motifs is 1. The highest BCUT2D eigenvalue weighted by Crippen LogP contribution is 2.43. The van der Waals surface area contributed by atoms with Crippen molar-refractivity contribution in [1.82, 2.24) is 0 Å². The van der Waals surface area contributed by atoms with E-state index in [4.69, 9.17) is 32.7 Å². The summed E-state index contributed by atoms with van der Waals surface area (Å²) in [4.78, 5) is 27.7. The van der Waals surface area contributed by atoms with Gasteiger partial charge >= 0.3 is 5.97 Å². The third-order valence-electron chi connectivity index (χ3n) is 5.48. The van der Waals surface area contributed by atoms with Gasteiger partial charge in [-0.3, -0.25) is 4.79 Å². The van der Waals surface area contributed by atoms with Crippen molar-refractivity contribution in [3.05, 3.63) is 68.2 Å². The van der Waals surface area contributed by atoms with Crippen LogP contribution < -0.4 is 5.32 Å². The monoisotopic (exact) mass is 468 g/mol. The van der Waals surface area contributed by atoms with Gasteiger partial charge in [-0.2, -0.15) is 0 Å². The number of carboxylic acid groups (broad SMARTS) is 1. The quantitative estimate of drug-likeness (QED) is 0.463. The van der Waals surface area contributed by atoms with Gasteiger partial charge in [-0.25, -0.2) is 0 Å². The number of carboxylic acids is 1. The normalized spacial score (nSPS) is 25.6. The van der Waals surface area contributed by atoms with Crippen LogP contribution in [0.2, 0.25) is 10.0 Å². The van der Waals surface area contributed by atoms with Gasteiger partial charge in [0.15, 0.2) is 6.10 Å². The van der Waals surface area contributed by atoms with Gasteiger partial charge in [0.1, 0.15) is 6.10 Å². The van der Waals surface area contributed by atoms with E-state index in [9.17, 15) is 20.0 Å². The van der Waals surface area contributed by atoms with E-state index in [0.717, 1.165) is 0 Å². The molecule has 2 heterocycles.